The van der Waals surface area contributed by atoms with Crippen molar-refractivity contribution in [3.05, 3.63) is 12.2 Å². The lowest BCUT2D eigenvalue weighted by Crippen LogP contribution is -2.05. The molecule has 106 valence electrons. The van der Waals surface area contributed by atoms with Crippen LogP contribution in [-0.4, -0.2) is 25.8 Å². The van der Waals surface area contributed by atoms with Gasteiger partial charge < -0.3 is 9.47 Å². The summed E-state index contributed by atoms with van der Waals surface area (Å²) in [5, 5.41) is 0. The van der Waals surface area contributed by atoms with Crippen LogP contribution in [0.25, 0.3) is 0 Å². The molecule has 0 aliphatic carbocycles. The maximum absolute atomic E-state index is 11.3. The normalized spacial score (nSPS) is 11.0. The van der Waals surface area contributed by atoms with Gasteiger partial charge in [0, 0.05) is 13.0 Å². The smallest absolute Gasteiger partial charge is 0.305 e. The Morgan fingerprint density at radius 2 is 1.89 bits per heavy atom. The number of unbranched alkanes of at least 4 members (excludes halogenated alkanes) is 4. The van der Waals surface area contributed by atoms with E-state index < -0.39 is 0 Å². The molecule has 3 nitrogen and oxygen atoms in total. The van der Waals surface area contributed by atoms with Crippen molar-refractivity contribution >= 4 is 5.97 Å². The minimum atomic E-state index is -0.0460. The summed E-state index contributed by atoms with van der Waals surface area (Å²) in [5.74, 6) is -0.0460. The summed E-state index contributed by atoms with van der Waals surface area (Å²) in [5.41, 5.74) is 0. The molecule has 0 unspecified atom stereocenters. The summed E-state index contributed by atoms with van der Waals surface area (Å²) >= 11 is 0. The van der Waals surface area contributed by atoms with E-state index >= 15 is 0 Å². The number of hydrogen-bond donors (Lipinski definition) is 0. The molecular weight excluding hydrogens is 228 g/mol. The third-order valence-corrected chi connectivity index (χ3v) is 2.60. The predicted molar refractivity (Wildman–Crippen MR) is 74.6 cm³/mol. The molecule has 0 rings (SSSR count). The first-order chi connectivity index (χ1) is 8.81. The Balaban J connectivity index is 3.19. The van der Waals surface area contributed by atoms with E-state index in [0.29, 0.717) is 19.6 Å². The highest BCUT2D eigenvalue weighted by atomic mass is 16.5. The van der Waals surface area contributed by atoms with Crippen LogP contribution in [-0.2, 0) is 14.3 Å². The molecule has 0 bridgehead atoms. The van der Waals surface area contributed by atoms with Gasteiger partial charge in [0.25, 0.3) is 0 Å². The van der Waals surface area contributed by atoms with Crippen molar-refractivity contribution in [2.75, 3.05) is 19.8 Å². The molecule has 0 aromatic rings. The van der Waals surface area contributed by atoms with Crippen LogP contribution in [0.15, 0.2) is 12.2 Å². The molecule has 0 amide bonds. The lowest BCUT2D eigenvalue weighted by molar-refractivity contribution is -0.143. The van der Waals surface area contributed by atoms with Gasteiger partial charge in [-0.2, -0.15) is 0 Å². The van der Waals surface area contributed by atoms with Gasteiger partial charge >= 0.3 is 5.97 Å². The molecule has 0 aliphatic heterocycles. The number of carbonyl (C=O) groups is 1. The zero-order valence-electron chi connectivity index (χ0n) is 12.0. The second-order valence-electron chi connectivity index (χ2n) is 4.30. The van der Waals surface area contributed by atoms with Crippen molar-refractivity contribution in [1.29, 1.82) is 0 Å². The van der Waals surface area contributed by atoms with E-state index in [4.69, 9.17) is 9.47 Å². The third-order valence-electron chi connectivity index (χ3n) is 2.60. The van der Waals surface area contributed by atoms with Crippen LogP contribution in [0.3, 0.4) is 0 Å². The summed E-state index contributed by atoms with van der Waals surface area (Å²) in [6.07, 6.45) is 11.0. The minimum absolute atomic E-state index is 0.0460. The van der Waals surface area contributed by atoms with Gasteiger partial charge in [-0.05, 0) is 32.6 Å². The highest BCUT2D eigenvalue weighted by Gasteiger charge is 2.01. The molecule has 0 radical (unpaired) electrons. The van der Waals surface area contributed by atoms with Gasteiger partial charge in [0.1, 0.15) is 0 Å². The van der Waals surface area contributed by atoms with Gasteiger partial charge in [0.15, 0.2) is 0 Å². The number of rotatable bonds is 12. The molecule has 3 heteroatoms. The topological polar surface area (TPSA) is 35.5 Å². The summed E-state index contributed by atoms with van der Waals surface area (Å²) in [6, 6.07) is 0. The maximum Gasteiger partial charge on any atom is 0.305 e. The summed E-state index contributed by atoms with van der Waals surface area (Å²) < 4.78 is 10.3. The summed E-state index contributed by atoms with van der Waals surface area (Å²) in [7, 11) is 0. The molecule has 0 fully saturated rings. The fraction of sp³-hybridized carbons (Fsp3) is 0.800. The molecule has 0 aromatic heterocycles. The Morgan fingerprint density at radius 3 is 2.61 bits per heavy atom. The van der Waals surface area contributed by atoms with Gasteiger partial charge in [0.2, 0.25) is 0 Å². The minimum Gasteiger partial charge on any atom is -0.466 e. The van der Waals surface area contributed by atoms with E-state index in [1.165, 1.54) is 0 Å². The average Bonchev–Trinajstić information content (AvgIpc) is 2.37. The summed E-state index contributed by atoms with van der Waals surface area (Å²) in [4.78, 5) is 11.3. The van der Waals surface area contributed by atoms with Gasteiger partial charge in [-0.1, -0.05) is 31.9 Å². The van der Waals surface area contributed by atoms with Crippen molar-refractivity contribution in [2.45, 2.75) is 58.8 Å². The SMILES string of the molecule is CCCCOC(=O)CCCCCC=CCOCC. The fourth-order valence-corrected chi connectivity index (χ4v) is 1.48. The molecule has 0 saturated heterocycles. The average molecular weight is 256 g/mol. The molecule has 0 heterocycles. The molecule has 0 saturated carbocycles. The third kappa shape index (κ3) is 13.2. The molecule has 0 aliphatic rings. The van der Waals surface area contributed by atoms with Crippen LogP contribution in [0.4, 0.5) is 0 Å². The van der Waals surface area contributed by atoms with Crippen molar-refractivity contribution in [3.8, 4) is 0 Å². The first-order valence-corrected chi connectivity index (χ1v) is 7.19. The standard InChI is InChI=1S/C15H28O3/c1-3-5-14-18-15(16)12-10-8-6-7-9-11-13-17-4-2/h9,11H,3-8,10,12-14H2,1-2H3. The van der Waals surface area contributed by atoms with Crippen LogP contribution in [0.2, 0.25) is 0 Å². The van der Waals surface area contributed by atoms with E-state index in [2.05, 4.69) is 19.1 Å². The van der Waals surface area contributed by atoms with Crippen LogP contribution in [0, 0.1) is 0 Å². The largest absolute Gasteiger partial charge is 0.466 e. The van der Waals surface area contributed by atoms with Crippen LogP contribution in [0.1, 0.15) is 58.8 Å². The van der Waals surface area contributed by atoms with Crippen molar-refractivity contribution < 1.29 is 14.3 Å². The lowest BCUT2D eigenvalue weighted by Gasteiger charge is -2.03. The van der Waals surface area contributed by atoms with Crippen molar-refractivity contribution in [1.82, 2.24) is 0 Å². The van der Waals surface area contributed by atoms with Crippen LogP contribution >= 0.6 is 0 Å². The molecule has 18 heavy (non-hydrogen) atoms. The number of esters is 1. The first kappa shape index (κ1) is 17.2. The Hall–Kier alpha value is -0.830. The first-order valence-electron chi connectivity index (χ1n) is 7.19. The molecule has 0 spiro atoms. The lowest BCUT2D eigenvalue weighted by atomic mass is 10.1. The molecule has 0 atom stereocenters. The number of carbonyl (C=O) groups excluding carboxylic acids is 1. The van der Waals surface area contributed by atoms with E-state index in [1.54, 1.807) is 0 Å². The highest BCUT2D eigenvalue weighted by Crippen LogP contribution is 2.05. The number of hydrogen-bond acceptors (Lipinski definition) is 3. The molecular formula is C15H28O3. The highest BCUT2D eigenvalue weighted by molar-refractivity contribution is 5.69. The van der Waals surface area contributed by atoms with Crippen LogP contribution in [0.5, 0.6) is 0 Å². The molecule has 0 N–H and O–H groups in total. The van der Waals surface area contributed by atoms with E-state index in [0.717, 1.165) is 45.1 Å². The second-order valence-corrected chi connectivity index (χ2v) is 4.30. The van der Waals surface area contributed by atoms with Crippen LogP contribution < -0.4 is 0 Å². The van der Waals surface area contributed by atoms with E-state index in [-0.39, 0.29) is 5.97 Å². The second kappa shape index (κ2) is 14.2. The van der Waals surface area contributed by atoms with Gasteiger partial charge in [-0.3, -0.25) is 4.79 Å². The van der Waals surface area contributed by atoms with E-state index in [1.807, 2.05) is 6.92 Å². The fourth-order valence-electron chi connectivity index (χ4n) is 1.48. The maximum atomic E-state index is 11.3. The van der Waals surface area contributed by atoms with Gasteiger partial charge in [0.05, 0.1) is 13.2 Å². The Morgan fingerprint density at radius 1 is 1.06 bits per heavy atom. The Bertz CT molecular complexity index is 212. The predicted octanol–water partition coefficient (Wildman–Crippen LogP) is 3.87. The zero-order chi connectivity index (χ0) is 13.5. The quantitative estimate of drug-likeness (QED) is 0.302. The zero-order valence-corrected chi connectivity index (χ0v) is 12.0. The van der Waals surface area contributed by atoms with E-state index in [9.17, 15) is 4.79 Å². The number of allylic oxidation sites excluding steroid dienone is 1. The molecule has 0 aromatic carbocycles. The van der Waals surface area contributed by atoms with Crippen molar-refractivity contribution in [3.63, 3.8) is 0 Å². The monoisotopic (exact) mass is 256 g/mol. The summed E-state index contributed by atoms with van der Waals surface area (Å²) in [6.45, 7) is 6.14. The number of ether oxygens (including phenoxy) is 2. The Kier molecular flexibility index (Phi) is 13.6. The van der Waals surface area contributed by atoms with Crippen molar-refractivity contribution in [2.24, 2.45) is 0 Å². The van der Waals surface area contributed by atoms with Gasteiger partial charge in [-0.15, -0.1) is 0 Å². The Labute approximate surface area is 112 Å². The van der Waals surface area contributed by atoms with Gasteiger partial charge in [-0.25, -0.2) is 0 Å².